The lowest BCUT2D eigenvalue weighted by molar-refractivity contribution is 1.18. The van der Waals surface area contributed by atoms with E-state index in [1.165, 1.54) is 82.1 Å². The van der Waals surface area contributed by atoms with Crippen LogP contribution in [0.2, 0.25) is 0 Å². The number of aryl methyl sites for hydroxylation is 2. The Hall–Kier alpha value is -4.76. The van der Waals surface area contributed by atoms with Crippen LogP contribution in [0.5, 0.6) is 0 Å². The number of aromatic nitrogens is 2. The zero-order valence-corrected chi connectivity index (χ0v) is 21.9. The topological polar surface area (TPSA) is 9.86 Å². The second-order valence-corrected chi connectivity index (χ2v) is 11.0. The van der Waals surface area contributed by atoms with E-state index in [4.69, 9.17) is 0 Å². The molecule has 3 heteroatoms. The van der Waals surface area contributed by atoms with Crippen molar-refractivity contribution in [1.29, 1.82) is 0 Å². The van der Waals surface area contributed by atoms with Crippen LogP contribution in [-0.4, -0.2) is 15.9 Å². The van der Waals surface area contributed by atoms with Crippen molar-refractivity contribution < 1.29 is 0 Å². The third-order valence-electron chi connectivity index (χ3n) is 8.98. The van der Waals surface area contributed by atoms with Crippen LogP contribution >= 0.6 is 0 Å². The van der Waals surface area contributed by atoms with Gasteiger partial charge in [-0.1, -0.05) is 103 Å². The number of nitrogens with zero attached hydrogens (tertiary/aromatic N) is 2. The first-order chi connectivity index (χ1) is 19.2. The minimum Gasteiger partial charge on any atom is -0.375 e. The van der Waals surface area contributed by atoms with Gasteiger partial charge in [0.15, 0.2) is 0 Å². The largest absolute Gasteiger partial charge is 0.375 e. The number of hydrogen-bond acceptors (Lipinski definition) is 0. The Labute approximate surface area is 226 Å². The van der Waals surface area contributed by atoms with Crippen LogP contribution < -0.4 is 10.9 Å². The van der Waals surface area contributed by atoms with Crippen molar-refractivity contribution in [2.24, 2.45) is 0 Å². The molecule has 6 aromatic carbocycles. The fourth-order valence-corrected chi connectivity index (χ4v) is 7.46. The smallest absolute Gasteiger partial charge is 0.332 e. The summed E-state index contributed by atoms with van der Waals surface area (Å²) in [5.41, 5.74) is 11.8. The molecule has 0 radical (unpaired) electrons. The van der Waals surface area contributed by atoms with E-state index < -0.39 is 0 Å². The van der Waals surface area contributed by atoms with Crippen LogP contribution in [0.3, 0.4) is 0 Å². The van der Waals surface area contributed by atoms with Gasteiger partial charge >= 0.3 is 6.85 Å². The van der Waals surface area contributed by atoms with Crippen LogP contribution in [0.4, 0.5) is 0 Å². The van der Waals surface area contributed by atoms with Crippen LogP contribution in [0.15, 0.2) is 115 Å². The summed E-state index contributed by atoms with van der Waals surface area (Å²) in [4.78, 5) is 0. The third-order valence-corrected chi connectivity index (χ3v) is 8.98. The molecule has 0 unspecified atom stereocenters. The Morgan fingerprint density at radius 2 is 1.10 bits per heavy atom. The molecule has 0 saturated heterocycles. The molecule has 1 aliphatic rings. The van der Waals surface area contributed by atoms with Gasteiger partial charge in [-0.2, -0.15) is 0 Å². The molecule has 0 atom stereocenters. The molecule has 0 spiro atoms. The monoisotopic (exact) mass is 496 g/mol. The first-order valence-corrected chi connectivity index (χ1v) is 13.8. The molecule has 39 heavy (non-hydrogen) atoms. The van der Waals surface area contributed by atoms with Gasteiger partial charge in [-0.15, -0.1) is 0 Å². The van der Waals surface area contributed by atoms with Crippen molar-refractivity contribution in [2.75, 3.05) is 0 Å². The highest BCUT2D eigenvalue weighted by Gasteiger charge is 2.36. The van der Waals surface area contributed by atoms with E-state index in [1.807, 2.05) is 0 Å². The van der Waals surface area contributed by atoms with Gasteiger partial charge in [-0.3, -0.25) is 0 Å². The van der Waals surface area contributed by atoms with Crippen LogP contribution in [-0.2, 0) is 0 Å². The summed E-state index contributed by atoms with van der Waals surface area (Å²) < 4.78 is 5.16. The van der Waals surface area contributed by atoms with E-state index in [-0.39, 0.29) is 6.85 Å². The van der Waals surface area contributed by atoms with Gasteiger partial charge < -0.3 is 9.05 Å². The summed E-state index contributed by atoms with van der Waals surface area (Å²) in [5.74, 6) is 0. The zero-order chi connectivity index (χ0) is 25.8. The highest BCUT2D eigenvalue weighted by atomic mass is 15.0. The summed E-state index contributed by atoms with van der Waals surface area (Å²) in [5, 5.41) is 7.93. The molecule has 9 rings (SSSR count). The van der Waals surface area contributed by atoms with Crippen molar-refractivity contribution >= 4 is 72.2 Å². The molecule has 0 fully saturated rings. The molecule has 3 heterocycles. The minimum atomic E-state index is 0.0650. The highest BCUT2D eigenvalue weighted by Crippen LogP contribution is 2.39. The number of para-hydroxylation sites is 4. The summed E-state index contributed by atoms with van der Waals surface area (Å²) in [7, 11) is 0. The molecule has 0 bridgehead atoms. The van der Waals surface area contributed by atoms with E-state index in [2.05, 4.69) is 138 Å². The molecule has 0 amide bonds. The van der Waals surface area contributed by atoms with Crippen molar-refractivity contribution in [2.45, 2.75) is 13.8 Å². The van der Waals surface area contributed by atoms with Crippen LogP contribution in [0.25, 0.3) is 60.1 Å². The number of hydrogen-bond donors (Lipinski definition) is 0. The fraction of sp³-hybridized carbons (Fsp3) is 0.0556. The van der Waals surface area contributed by atoms with Crippen molar-refractivity contribution in [1.82, 2.24) is 9.05 Å². The molecule has 1 aliphatic heterocycles. The fourth-order valence-electron chi connectivity index (χ4n) is 7.46. The molecular formula is C36H25BN2. The standard InChI is InChI=1S/C36H25BN2/c1-22-10-7-14-26-27-15-8-11-23(2)35(27)39(34(22)26)37-29-17-5-6-19-31(29)38-32-21-20-24-12-3-4-13-25(24)33(32)28-16-9-18-30(37)36(28)38/h3-21H,1-2H3. The Bertz CT molecular complexity index is 2260. The average molecular weight is 496 g/mol. The molecule has 0 N–H and O–H groups in total. The van der Waals surface area contributed by atoms with E-state index in [1.54, 1.807) is 0 Å². The Balaban J connectivity index is 1.53. The van der Waals surface area contributed by atoms with Gasteiger partial charge in [0, 0.05) is 38.3 Å². The second kappa shape index (κ2) is 7.42. The lowest BCUT2D eigenvalue weighted by atomic mass is 9.48. The zero-order valence-electron chi connectivity index (χ0n) is 21.9. The first kappa shape index (κ1) is 21.2. The average Bonchev–Trinajstić information content (AvgIpc) is 3.50. The van der Waals surface area contributed by atoms with E-state index in [0.29, 0.717) is 0 Å². The summed E-state index contributed by atoms with van der Waals surface area (Å²) >= 11 is 0. The molecule has 182 valence electrons. The third kappa shape index (κ3) is 2.58. The van der Waals surface area contributed by atoms with E-state index in [0.717, 1.165) is 0 Å². The maximum atomic E-state index is 2.64. The van der Waals surface area contributed by atoms with Crippen molar-refractivity contribution in [3.8, 4) is 5.69 Å². The normalized spacial score (nSPS) is 12.8. The second-order valence-electron chi connectivity index (χ2n) is 11.0. The molecule has 8 aromatic rings. The van der Waals surface area contributed by atoms with Gasteiger partial charge in [0.25, 0.3) is 0 Å². The predicted octanol–water partition coefficient (Wildman–Crippen LogP) is 7.63. The SMILES string of the molecule is Cc1cccc2c3cccc(C)c3n(B3c4ccccc4-n4c5ccc6ccccc6c5c5cccc3c54)c12. The maximum absolute atomic E-state index is 2.64. The quantitative estimate of drug-likeness (QED) is 0.207. The first-order valence-electron chi connectivity index (χ1n) is 13.8. The molecule has 2 aromatic heterocycles. The van der Waals surface area contributed by atoms with Gasteiger partial charge in [-0.25, -0.2) is 0 Å². The summed E-state index contributed by atoms with van der Waals surface area (Å²) in [6, 6.07) is 42.8. The highest BCUT2D eigenvalue weighted by molar-refractivity contribution is 6.88. The van der Waals surface area contributed by atoms with E-state index in [9.17, 15) is 0 Å². The summed E-state index contributed by atoms with van der Waals surface area (Å²) in [6.45, 7) is 4.58. The lowest BCUT2D eigenvalue weighted by Gasteiger charge is -2.29. The molecule has 2 nitrogen and oxygen atoms in total. The number of benzene rings is 6. The number of rotatable bonds is 1. The minimum absolute atomic E-state index is 0.0650. The van der Waals surface area contributed by atoms with Gasteiger partial charge in [0.05, 0.1) is 11.0 Å². The van der Waals surface area contributed by atoms with Crippen LogP contribution in [0.1, 0.15) is 11.1 Å². The molecule has 0 aliphatic carbocycles. The van der Waals surface area contributed by atoms with E-state index >= 15 is 0 Å². The van der Waals surface area contributed by atoms with Crippen LogP contribution in [0, 0.1) is 13.8 Å². The Morgan fingerprint density at radius 1 is 0.487 bits per heavy atom. The lowest BCUT2D eigenvalue weighted by Crippen LogP contribution is -2.53. The summed E-state index contributed by atoms with van der Waals surface area (Å²) in [6.07, 6.45) is 0. The van der Waals surface area contributed by atoms with Crippen molar-refractivity contribution in [3.05, 3.63) is 126 Å². The van der Waals surface area contributed by atoms with Crippen molar-refractivity contribution in [3.63, 3.8) is 0 Å². The predicted molar refractivity (Wildman–Crippen MR) is 168 cm³/mol. The Kier molecular flexibility index (Phi) is 4.04. The van der Waals surface area contributed by atoms with Gasteiger partial charge in [0.2, 0.25) is 0 Å². The number of fused-ring (bicyclic) bond motifs is 10. The maximum Gasteiger partial charge on any atom is 0.332 e. The van der Waals surface area contributed by atoms with Gasteiger partial charge in [0.1, 0.15) is 0 Å². The molecule has 0 saturated carbocycles. The molecular weight excluding hydrogens is 471 g/mol. The van der Waals surface area contributed by atoms with Gasteiger partial charge in [-0.05, 0) is 58.8 Å². The Morgan fingerprint density at radius 3 is 1.90 bits per heavy atom.